The lowest BCUT2D eigenvalue weighted by atomic mass is 10.1. The number of nitrogens with two attached hydrogens (primary N) is 1. The molecule has 5 heteroatoms. The van der Waals surface area contributed by atoms with Crippen LogP contribution < -0.4 is 10.6 Å². The molecule has 1 saturated heterocycles. The van der Waals surface area contributed by atoms with E-state index in [0.717, 1.165) is 31.8 Å². The lowest BCUT2D eigenvalue weighted by Crippen LogP contribution is -2.49. The van der Waals surface area contributed by atoms with Gasteiger partial charge in [0.2, 0.25) is 0 Å². The number of anilines is 2. The van der Waals surface area contributed by atoms with E-state index >= 15 is 0 Å². The topological polar surface area (TPSA) is 51.4 Å². The molecule has 2 unspecified atom stereocenters. The Bertz CT molecular complexity index is 426. The fourth-order valence-corrected chi connectivity index (χ4v) is 3.04. The largest absolute Gasteiger partial charge is 0.396 e. The Labute approximate surface area is 106 Å². The molecule has 0 radical (unpaired) electrons. The quantitative estimate of drug-likeness (QED) is 0.833. The van der Waals surface area contributed by atoms with E-state index in [-0.39, 0.29) is 0 Å². The maximum atomic E-state index is 6.01. The van der Waals surface area contributed by atoms with Crippen LogP contribution in [0.25, 0.3) is 0 Å². The van der Waals surface area contributed by atoms with E-state index in [4.69, 9.17) is 22.1 Å². The monoisotopic (exact) mass is 253 g/mol. The normalized spacial score (nSPS) is 28.2. The molecule has 1 aliphatic heterocycles. The number of nitrogens with zero attached hydrogens (tertiary/aromatic N) is 2. The first-order valence-electron chi connectivity index (χ1n) is 6.05. The third-order valence-corrected chi connectivity index (χ3v) is 3.82. The summed E-state index contributed by atoms with van der Waals surface area (Å²) < 4.78 is 5.78. The molecule has 0 amide bonds. The fourth-order valence-electron chi connectivity index (χ4n) is 2.88. The minimum atomic E-state index is 0.348. The Morgan fingerprint density at radius 1 is 1.47 bits per heavy atom. The van der Waals surface area contributed by atoms with E-state index in [1.54, 1.807) is 12.3 Å². The highest BCUT2D eigenvalue weighted by Gasteiger charge is 2.37. The molecule has 2 atom stereocenters. The van der Waals surface area contributed by atoms with Gasteiger partial charge in [0.05, 0.1) is 29.5 Å². The van der Waals surface area contributed by atoms with E-state index in [9.17, 15) is 0 Å². The number of morpholine rings is 1. The van der Waals surface area contributed by atoms with Gasteiger partial charge in [0.1, 0.15) is 0 Å². The van der Waals surface area contributed by atoms with E-state index in [0.29, 0.717) is 22.9 Å². The summed E-state index contributed by atoms with van der Waals surface area (Å²) >= 11 is 5.88. The molecule has 2 fully saturated rings. The summed E-state index contributed by atoms with van der Waals surface area (Å²) in [5.74, 6) is 0.856. The molecule has 1 aromatic heterocycles. The van der Waals surface area contributed by atoms with Crippen LogP contribution in [0.15, 0.2) is 12.3 Å². The molecule has 2 heterocycles. The van der Waals surface area contributed by atoms with Crippen LogP contribution in [0.4, 0.5) is 11.5 Å². The van der Waals surface area contributed by atoms with Crippen molar-refractivity contribution in [1.82, 2.24) is 4.98 Å². The van der Waals surface area contributed by atoms with Crippen LogP contribution in [0.3, 0.4) is 0 Å². The highest BCUT2D eigenvalue weighted by molar-refractivity contribution is 6.30. The van der Waals surface area contributed by atoms with Crippen molar-refractivity contribution in [3.05, 3.63) is 17.3 Å². The lowest BCUT2D eigenvalue weighted by Gasteiger charge is -2.38. The molecule has 0 bridgehead atoms. The second-order valence-electron chi connectivity index (χ2n) is 4.67. The average Bonchev–Trinajstić information content (AvgIpc) is 2.77. The first-order chi connectivity index (χ1) is 8.25. The van der Waals surface area contributed by atoms with Gasteiger partial charge in [0, 0.05) is 12.7 Å². The summed E-state index contributed by atoms with van der Waals surface area (Å²) in [4.78, 5) is 6.66. The molecular weight excluding hydrogens is 238 g/mol. The first kappa shape index (κ1) is 11.1. The van der Waals surface area contributed by atoms with Gasteiger partial charge in [-0.2, -0.15) is 0 Å². The number of rotatable bonds is 1. The number of nitrogen functional groups attached to an aromatic ring is 1. The zero-order valence-electron chi connectivity index (χ0n) is 9.60. The Morgan fingerprint density at radius 2 is 2.35 bits per heavy atom. The molecule has 1 aliphatic carbocycles. The maximum Gasteiger partial charge on any atom is 0.152 e. The van der Waals surface area contributed by atoms with Gasteiger partial charge in [-0.25, -0.2) is 4.98 Å². The molecule has 4 nitrogen and oxygen atoms in total. The van der Waals surface area contributed by atoms with Crippen molar-refractivity contribution in [2.75, 3.05) is 23.8 Å². The van der Waals surface area contributed by atoms with Crippen molar-refractivity contribution < 1.29 is 4.74 Å². The molecule has 0 aromatic carbocycles. The number of hydrogen-bond acceptors (Lipinski definition) is 4. The van der Waals surface area contributed by atoms with E-state index < -0.39 is 0 Å². The zero-order valence-corrected chi connectivity index (χ0v) is 10.4. The van der Waals surface area contributed by atoms with Crippen molar-refractivity contribution in [1.29, 1.82) is 0 Å². The predicted molar refractivity (Wildman–Crippen MR) is 68.4 cm³/mol. The van der Waals surface area contributed by atoms with Crippen molar-refractivity contribution in [2.24, 2.45) is 0 Å². The number of halogens is 1. The lowest BCUT2D eigenvalue weighted by molar-refractivity contribution is 0.0254. The van der Waals surface area contributed by atoms with E-state index in [2.05, 4.69) is 9.88 Å². The van der Waals surface area contributed by atoms with Crippen LogP contribution in [-0.2, 0) is 4.74 Å². The minimum absolute atomic E-state index is 0.348. The average molecular weight is 254 g/mol. The Morgan fingerprint density at radius 3 is 3.18 bits per heavy atom. The zero-order chi connectivity index (χ0) is 11.8. The van der Waals surface area contributed by atoms with Crippen LogP contribution in [0.1, 0.15) is 19.3 Å². The van der Waals surface area contributed by atoms with Crippen LogP contribution in [0.2, 0.25) is 5.02 Å². The Kier molecular flexibility index (Phi) is 2.84. The Balaban J connectivity index is 1.91. The van der Waals surface area contributed by atoms with Gasteiger partial charge in [-0.3, -0.25) is 0 Å². The smallest absolute Gasteiger partial charge is 0.152 e. The van der Waals surface area contributed by atoms with Gasteiger partial charge in [-0.05, 0) is 25.3 Å². The summed E-state index contributed by atoms with van der Waals surface area (Å²) in [6.45, 7) is 1.62. The fraction of sp³-hybridized carbons (Fsp3) is 0.583. The highest BCUT2D eigenvalue weighted by Crippen LogP contribution is 2.34. The Hall–Kier alpha value is -1.00. The van der Waals surface area contributed by atoms with Crippen LogP contribution in [0, 0.1) is 0 Å². The van der Waals surface area contributed by atoms with Gasteiger partial charge >= 0.3 is 0 Å². The predicted octanol–water partition coefficient (Wildman–Crippen LogP) is 2.07. The molecular formula is C12H16ClN3O. The number of pyridine rings is 1. The summed E-state index contributed by atoms with van der Waals surface area (Å²) in [5.41, 5.74) is 6.66. The molecule has 2 N–H and O–H groups in total. The van der Waals surface area contributed by atoms with Gasteiger partial charge in [0.15, 0.2) is 5.82 Å². The minimum Gasteiger partial charge on any atom is -0.396 e. The van der Waals surface area contributed by atoms with Crippen molar-refractivity contribution in [3.8, 4) is 0 Å². The van der Waals surface area contributed by atoms with Crippen LogP contribution in [-0.4, -0.2) is 30.3 Å². The van der Waals surface area contributed by atoms with Gasteiger partial charge in [-0.1, -0.05) is 11.6 Å². The van der Waals surface area contributed by atoms with E-state index in [1.165, 1.54) is 6.42 Å². The van der Waals surface area contributed by atoms with Gasteiger partial charge in [-0.15, -0.1) is 0 Å². The summed E-state index contributed by atoms with van der Waals surface area (Å²) in [6, 6.07) is 2.20. The highest BCUT2D eigenvalue weighted by atomic mass is 35.5. The second-order valence-corrected chi connectivity index (χ2v) is 5.10. The van der Waals surface area contributed by atoms with E-state index in [1.807, 2.05) is 0 Å². The number of ether oxygens (including phenoxy) is 1. The van der Waals surface area contributed by atoms with Crippen molar-refractivity contribution in [3.63, 3.8) is 0 Å². The second kappa shape index (κ2) is 4.35. The summed E-state index contributed by atoms with van der Waals surface area (Å²) in [5, 5.41) is 0.586. The molecule has 2 aliphatic rings. The third kappa shape index (κ3) is 1.96. The third-order valence-electron chi connectivity index (χ3n) is 3.62. The molecule has 3 rings (SSSR count). The first-order valence-corrected chi connectivity index (χ1v) is 6.43. The van der Waals surface area contributed by atoms with Crippen molar-refractivity contribution >= 4 is 23.1 Å². The SMILES string of the molecule is Nc1cc(Cl)cnc1N1CCOC2CCCC21. The van der Waals surface area contributed by atoms with Crippen LogP contribution >= 0.6 is 11.6 Å². The summed E-state index contributed by atoms with van der Waals surface area (Å²) in [7, 11) is 0. The number of aromatic nitrogens is 1. The number of hydrogen-bond donors (Lipinski definition) is 1. The summed E-state index contributed by atoms with van der Waals surface area (Å²) in [6.07, 6.45) is 5.54. The van der Waals surface area contributed by atoms with Gasteiger partial charge < -0.3 is 15.4 Å². The maximum absolute atomic E-state index is 6.01. The van der Waals surface area contributed by atoms with Gasteiger partial charge in [0.25, 0.3) is 0 Å². The number of fused-ring (bicyclic) bond motifs is 1. The molecule has 1 saturated carbocycles. The standard InChI is InChI=1S/C12H16ClN3O/c13-8-6-9(14)12(15-7-8)16-4-5-17-11-3-1-2-10(11)16/h6-7,10-11H,1-5,14H2. The molecule has 0 spiro atoms. The van der Waals surface area contributed by atoms with Crippen LogP contribution in [0.5, 0.6) is 0 Å². The molecule has 17 heavy (non-hydrogen) atoms. The molecule has 92 valence electrons. The van der Waals surface area contributed by atoms with Crippen molar-refractivity contribution in [2.45, 2.75) is 31.4 Å². The molecule has 1 aromatic rings.